The molecule has 5 nitrogen and oxygen atoms in total. The van der Waals surface area contributed by atoms with Gasteiger partial charge in [0.15, 0.2) is 0 Å². The van der Waals surface area contributed by atoms with E-state index < -0.39 is 0 Å². The van der Waals surface area contributed by atoms with Crippen LogP contribution < -0.4 is 0 Å². The molecule has 1 heterocycles. The smallest absolute Gasteiger partial charge is 0.0433 e. The molecule has 0 aliphatic heterocycles. The fourth-order valence-electron chi connectivity index (χ4n) is 1.13. The molecule has 200 valence electrons. The van der Waals surface area contributed by atoms with E-state index >= 15 is 0 Å². The topological polar surface area (TPSA) is 43.8 Å². The van der Waals surface area contributed by atoms with Gasteiger partial charge in [0, 0.05) is 54.0 Å². The van der Waals surface area contributed by atoms with Gasteiger partial charge in [0.25, 0.3) is 0 Å². The maximum absolute atomic E-state index is 4.54. The average molecular weight is 481 g/mol. The van der Waals surface area contributed by atoms with Crippen molar-refractivity contribution in [1.82, 2.24) is 9.88 Å². The largest absolute Gasteiger partial charge is 0.388 e. The molecule has 1 aromatic carbocycles. The number of aryl methyl sites for hydroxylation is 2. The maximum Gasteiger partial charge on any atom is 0.0433 e. The average Bonchev–Trinajstić information content (AvgIpc) is 3.64. The van der Waals surface area contributed by atoms with E-state index in [9.17, 15) is 0 Å². The molecule has 0 bridgehead atoms. The highest BCUT2D eigenvalue weighted by molar-refractivity contribution is 5.11. The van der Waals surface area contributed by atoms with Crippen molar-refractivity contribution in [2.75, 3.05) is 62.3 Å². The van der Waals surface area contributed by atoms with Crippen molar-refractivity contribution in [1.29, 1.82) is 0 Å². The molecule has 0 atom stereocenters. The highest BCUT2D eigenvalue weighted by Gasteiger charge is 2.12. The third-order valence-corrected chi connectivity index (χ3v) is 3.86. The Labute approximate surface area is 212 Å². The molecule has 0 unspecified atom stereocenters. The number of hydrogen-bond donors (Lipinski definition) is 0. The Morgan fingerprint density at radius 1 is 0.765 bits per heavy atom. The van der Waals surface area contributed by atoms with Crippen LogP contribution in [0.3, 0.4) is 0 Å². The van der Waals surface area contributed by atoms with Crippen molar-refractivity contribution >= 4 is 0 Å². The third-order valence-electron chi connectivity index (χ3n) is 3.86. The highest BCUT2D eigenvalue weighted by atomic mass is 16.5. The number of benzene rings is 1. The number of ether oxygens (including phenoxy) is 3. The molecule has 1 aliphatic carbocycles. The minimum Gasteiger partial charge on any atom is -0.388 e. The summed E-state index contributed by atoms with van der Waals surface area (Å²) >= 11 is 0. The van der Waals surface area contributed by atoms with Crippen molar-refractivity contribution in [3.63, 3.8) is 0 Å². The van der Waals surface area contributed by atoms with Crippen molar-refractivity contribution < 1.29 is 14.2 Å². The van der Waals surface area contributed by atoms with E-state index in [1.54, 1.807) is 40.8 Å². The summed E-state index contributed by atoms with van der Waals surface area (Å²) in [7, 11) is 10.7. The summed E-state index contributed by atoms with van der Waals surface area (Å²) in [4.78, 5) is 5.97. The lowest BCUT2D eigenvalue weighted by Crippen LogP contribution is -2.08. The minimum atomic E-state index is 0.819. The van der Waals surface area contributed by atoms with Crippen molar-refractivity contribution in [2.45, 2.75) is 54.4 Å². The fraction of sp³-hybridized carbons (Fsp3) is 0.621. The highest BCUT2D eigenvalue weighted by Crippen LogP contribution is 2.26. The molecule has 5 heteroatoms. The van der Waals surface area contributed by atoms with E-state index in [1.807, 2.05) is 51.1 Å². The number of nitrogens with zero attached hydrogens (tertiary/aromatic N) is 2. The maximum atomic E-state index is 4.54. The lowest BCUT2D eigenvalue weighted by Gasteiger charge is -2.00. The molecular weight excluding hydrogens is 424 g/mol. The number of methoxy groups -OCH3 is 3. The molecular formula is C29H56N2O3. The van der Waals surface area contributed by atoms with Gasteiger partial charge in [-0.3, -0.25) is 4.98 Å². The van der Waals surface area contributed by atoms with Crippen LogP contribution in [0, 0.1) is 19.8 Å². The van der Waals surface area contributed by atoms with Gasteiger partial charge in [0.05, 0.1) is 0 Å². The summed E-state index contributed by atoms with van der Waals surface area (Å²) in [6.07, 6.45) is 6.55. The Balaban J connectivity index is -0.000000158. The number of rotatable bonds is 3. The molecule has 34 heavy (non-hydrogen) atoms. The second kappa shape index (κ2) is 35.8. The molecule has 3 rings (SSSR count). The van der Waals surface area contributed by atoms with Crippen LogP contribution in [-0.4, -0.2) is 72.2 Å². The first-order valence-electron chi connectivity index (χ1n) is 12.1. The van der Waals surface area contributed by atoms with Crippen LogP contribution in [0.15, 0.2) is 54.9 Å². The molecule has 0 spiro atoms. The molecule has 0 N–H and O–H groups in total. The van der Waals surface area contributed by atoms with Gasteiger partial charge in [-0.05, 0) is 71.9 Å². The zero-order valence-corrected chi connectivity index (χ0v) is 24.4. The quantitative estimate of drug-likeness (QED) is 0.476. The predicted molar refractivity (Wildman–Crippen MR) is 151 cm³/mol. The van der Waals surface area contributed by atoms with Gasteiger partial charge in [-0.15, -0.1) is 0 Å². The molecule has 2 aromatic rings. The zero-order chi connectivity index (χ0) is 27.0. The van der Waals surface area contributed by atoms with E-state index in [0.717, 1.165) is 25.7 Å². The molecule has 0 radical (unpaired) electrons. The van der Waals surface area contributed by atoms with E-state index in [4.69, 9.17) is 0 Å². The SMILES string of the molecule is CC1CC1.CCN(C)C.CCOC.CCOC.COC.Cc1ccccc1.Cc1ccncc1. The van der Waals surface area contributed by atoms with E-state index in [-0.39, 0.29) is 0 Å². The third kappa shape index (κ3) is 57.3. The summed E-state index contributed by atoms with van der Waals surface area (Å²) < 4.78 is 13.3. The number of hydrogen-bond acceptors (Lipinski definition) is 5. The number of pyridine rings is 1. The monoisotopic (exact) mass is 480 g/mol. The Morgan fingerprint density at radius 3 is 1.18 bits per heavy atom. The van der Waals surface area contributed by atoms with Crippen LogP contribution in [0.1, 0.15) is 51.7 Å². The van der Waals surface area contributed by atoms with Gasteiger partial charge in [0.2, 0.25) is 0 Å². The predicted octanol–water partition coefficient (Wildman–Crippen LogP) is 6.94. The van der Waals surface area contributed by atoms with Crippen LogP contribution in [0.2, 0.25) is 0 Å². The second-order valence-corrected chi connectivity index (χ2v) is 7.82. The van der Waals surface area contributed by atoms with E-state index in [2.05, 4.69) is 71.1 Å². The lowest BCUT2D eigenvalue weighted by atomic mass is 10.2. The molecule has 1 saturated carbocycles. The van der Waals surface area contributed by atoms with Crippen molar-refractivity contribution in [3.05, 3.63) is 66.0 Å². The summed E-state index contributed by atoms with van der Waals surface area (Å²) in [5.41, 5.74) is 2.58. The summed E-state index contributed by atoms with van der Waals surface area (Å²) in [5.74, 6) is 1.08. The van der Waals surface area contributed by atoms with Gasteiger partial charge in [-0.25, -0.2) is 0 Å². The van der Waals surface area contributed by atoms with Gasteiger partial charge >= 0.3 is 0 Å². The van der Waals surface area contributed by atoms with Crippen molar-refractivity contribution in [2.24, 2.45) is 5.92 Å². The molecule has 0 amide bonds. The Morgan fingerprint density at radius 2 is 1.06 bits per heavy atom. The van der Waals surface area contributed by atoms with Gasteiger partial charge in [0.1, 0.15) is 0 Å². The summed E-state index contributed by atoms with van der Waals surface area (Å²) in [5, 5.41) is 0. The van der Waals surface area contributed by atoms with E-state index in [1.165, 1.54) is 24.0 Å². The minimum absolute atomic E-state index is 0.819. The van der Waals surface area contributed by atoms with Crippen LogP contribution in [0.5, 0.6) is 0 Å². The van der Waals surface area contributed by atoms with Gasteiger partial charge in [-0.1, -0.05) is 62.6 Å². The standard InChI is InChI=1S/C7H8.C6H7N.C4H11N.C4H8.2C3H8O.C2H6O/c1-7-5-3-2-4-6-7;1-6-2-4-7-5-3-6;1-4-5(2)3;1-4-2-3-4;2*1-3-4-2;1-3-2/h2-6H,1H3;2-5H,1H3;4H2,1-3H3;4H,2-3H2,1H3;2*3H2,1-2H3;1-2H3. The molecule has 1 aromatic heterocycles. The Hall–Kier alpha value is -1.79. The second-order valence-electron chi connectivity index (χ2n) is 7.82. The van der Waals surface area contributed by atoms with Crippen molar-refractivity contribution in [3.8, 4) is 0 Å². The Kier molecular flexibility index (Phi) is 41.5. The Bertz CT molecular complexity index is 502. The van der Waals surface area contributed by atoms with Gasteiger partial charge in [-0.2, -0.15) is 0 Å². The normalized spacial score (nSPS) is 10.4. The summed E-state index contributed by atoms with van der Waals surface area (Å²) in [6, 6.07) is 14.2. The fourth-order valence-corrected chi connectivity index (χ4v) is 1.13. The molecule has 0 saturated heterocycles. The first-order chi connectivity index (χ1) is 16.2. The first-order valence-corrected chi connectivity index (χ1v) is 12.1. The van der Waals surface area contributed by atoms with Crippen LogP contribution in [0.4, 0.5) is 0 Å². The number of aromatic nitrogens is 1. The van der Waals surface area contributed by atoms with Crippen LogP contribution in [-0.2, 0) is 14.2 Å². The molecule has 1 fully saturated rings. The first kappa shape index (κ1) is 39.4. The van der Waals surface area contributed by atoms with E-state index in [0.29, 0.717) is 0 Å². The lowest BCUT2D eigenvalue weighted by molar-refractivity contribution is 0.215. The summed E-state index contributed by atoms with van der Waals surface area (Å²) in [6.45, 7) is 15.2. The zero-order valence-electron chi connectivity index (χ0n) is 24.4. The van der Waals surface area contributed by atoms with Gasteiger partial charge < -0.3 is 19.1 Å². The van der Waals surface area contributed by atoms with Crippen LogP contribution in [0.25, 0.3) is 0 Å². The van der Waals surface area contributed by atoms with Crippen LogP contribution >= 0.6 is 0 Å². The molecule has 1 aliphatic rings.